The van der Waals surface area contributed by atoms with Crippen molar-refractivity contribution < 1.29 is 13.2 Å². The van der Waals surface area contributed by atoms with Crippen molar-refractivity contribution in [3.8, 4) is 6.07 Å². The molecular weight excluding hydrogens is 203 g/mol. The Hall–Kier alpha value is -1.21. The van der Waals surface area contributed by atoms with Gasteiger partial charge in [0.2, 0.25) is 0 Å². The Bertz CT molecular complexity index is 380. The molecular formula is C8H3ClF3N. The molecule has 13 heavy (non-hydrogen) atoms. The number of nitrogens with zero attached hydrogens (tertiary/aromatic N) is 1. The summed E-state index contributed by atoms with van der Waals surface area (Å²) in [5.74, 6) is -4.55. The number of nitriles is 1. The summed E-state index contributed by atoms with van der Waals surface area (Å²) in [4.78, 5) is 0. The van der Waals surface area contributed by atoms with E-state index in [1.807, 2.05) is 0 Å². The molecule has 0 spiro atoms. The van der Waals surface area contributed by atoms with Gasteiger partial charge in [-0.2, -0.15) is 5.26 Å². The molecule has 0 radical (unpaired) electrons. The van der Waals surface area contributed by atoms with E-state index in [0.717, 1.165) is 6.92 Å². The summed E-state index contributed by atoms with van der Waals surface area (Å²) < 4.78 is 38.1. The molecule has 1 aromatic rings. The van der Waals surface area contributed by atoms with E-state index in [2.05, 4.69) is 0 Å². The number of hydrogen-bond donors (Lipinski definition) is 0. The summed E-state index contributed by atoms with van der Waals surface area (Å²) in [6, 6.07) is 1.49. The van der Waals surface area contributed by atoms with Crippen LogP contribution < -0.4 is 0 Å². The maximum absolute atomic E-state index is 12.8. The summed E-state index contributed by atoms with van der Waals surface area (Å²) >= 11 is 5.27. The molecule has 0 aliphatic heterocycles. The SMILES string of the molecule is Cc1c(F)c(F)c(F)c(Cl)c1C#N. The number of hydrogen-bond acceptors (Lipinski definition) is 1. The lowest BCUT2D eigenvalue weighted by Crippen LogP contribution is -1.99. The molecule has 1 aromatic carbocycles. The topological polar surface area (TPSA) is 23.8 Å². The molecule has 0 aliphatic carbocycles. The van der Waals surface area contributed by atoms with E-state index in [9.17, 15) is 13.2 Å². The second-order valence-electron chi connectivity index (χ2n) is 2.37. The Morgan fingerprint density at radius 3 is 2.15 bits per heavy atom. The summed E-state index contributed by atoms with van der Waals surface area (Å²) in [6.45, 7) is 1.16. The largest absolute Gasteiger partial charge is 0.203 e. The summed E-state index contributed by atoms with van der Waals surface area (Å²) in [5.41, 5.74) is -0.663. The molecule has 0 saturated heterocycles. The van der Waals surface area contributed by atoms with Crippen LogP contribution in [0.25, 0.3) is 0 Å². The van der Waals surface area contributed by atoms with E-state index in [1.165, 1.54) is 6.07 Å². The molecule has 0 saturated carbocycles. The fourth-order valence-electron chi connectivity index (χ4n) is 0.874. The number of rotatable bonds is 0. The minimum atomic E-state index is -1.65. The van der Waals surface area contributed by atoms with E-state index in [0.29, 0.717) is 0 Å². The first-order valence-electron chi connectivity index (χ1n) is 3.23. The first-order valence-corrected chi connectivity index (χ1v) is 3.61. The van der Waals surface area contributed by atoms with Gasteiger partial charge in [-0.1, -0.05) is 11.6 Å². The zero-order valence-electron chi connectivity index (χ0n) is 6.46. The first kappa shape index (κ1) is 9.87. The van der Waals surface area contributed by atoms with Gasteiger partial charge in [0, 0.05) is 5.56 Å². The Kier molecular flexibility index (Phi) is 2.48. The fourth-order valence-corrected chi connectivity index (χ4v) is 1.14. The van der Waals surface area contributed by atoms with E-state index in [4.69, 9.17) is 16.9 Å². The van der Waals surface area contributed by atoms with Gasteiger partial charge < -0.3 is 0 Å². The maximum atomic E-state index is 12.8. The molecule has 0 aliphatic rings. The van der Waals surface area contributed by atoms with Crippen LogP contribution in [0.3, 0.4) is 0 Å². The van der Waals surface area contributed by atoms with Crippen molar-refractivity contribution in [2.24, 2.45) is 0 Å². The highest BCUT2D eigenvalue weighted by molar-refractivity contribution is 6.32. The highest BCUT2D eigenvalue weighted by atomic mass is 35.5. The van der Waals surface area contributed by atoms with Gasteiger partial charge in [0.1, 0.15) is 6.07 Å². The number of benzene rings is 1. The van der Waals surface area contributed by atoms with Crippen LogP contribution >= 0.6 is 11.6 Å². The molecule has 1 nitrogen and oxygen atoms in total. The van der Waals surface area contributed by atoms with E-state index < -0.39 is 22.5 Å². The third-order valence-corrected chi connectivity index (χ3v) is 1.97. The molecule has 0 heterocycles. The third-order valence-electron chi connectivity index (χ3n) is 1.61. The van der Waals surface area contributed by atoms with Crippen molar-refractivity contribution in [1.29, 1.82) is 5.26 Å². The minimum absolute atomic E-state index is 0.286. The lowest BCUT2D eigenvalue weighted by atomic mass is 10.1. The number of halogens is 4. The van der Waals surface area contributed by atoms with Gasteiger partial charge in [-0.25, -0.2) is 13.2 Å². The van der Waals surface area contributed by atoms with Crippen molar-refractivity contribution in [2.45, 2.75) is 6.92 Å². The molecule has 1 rings (SSSR count). The van der Waals surface area contributed by atoms with Crippen LogP contribution in [0.4, 0.5) is 13.2 Å². The van der Waals surface area contributed by atoms with Crippen molar-refractivity contribution in [3.63, 3.8) is 0 Å². The highest BCUT2D eigenvalue weighted by Crippen LogP contribution is 2.27. The monoisotopic (exact) mass is 205 g/mol. The molecule has 68 valence electrons. The lowest BCUT2D eigenvalue weighted by molar-refractivity contribution is 0.443. The zero-order valence-corrected chi connectivity index (χ0v) is 7.22. The summed E-state index contributed by atoms with van der Waals surface area (Å²) in [6.07, 6.45) is 0. The minimum Gasteiger partial charge on any atom is -0.203 e. The van der Waals surface area contributed by atoms with Gasteiger partial charge in [0.05, 0.1) is 10.6 Å². The third kappa shape index (κ3) is 1.36. The van der Waals surface area contributed by atoms with Crippen molar-refractivity contribution in [3.05, 3.63) is 33.6 Å². The summed E-state index contributed by atoms with van der Waals surface area (Å²) in [7, 11) is 0. The molecule has 0 N–H and O–H groups in total. The van der Waals surface area contributed by atoms with Gasteiger partial charge >= 0.3 is 0 Å². The van der Waals surface area contributed by atoms with Crippen LogP contribution in [0.2, 0.25) is 5.02 Å². The van der Waals surface area contributed by atoms with Crippen LogP contribution in [0.5, 0.6) is 0 Å². The van der Waals surface area contributed by atoms with Crippen molar-refractivity contribution in [1.82, 2.24) is 0 Å². The van der Waals surface area contributed by atoms with Crippen molar-refractivity contribution in [2.75, 3.05) is 0 Å². The highest BCUT2D eigenvalue weighted by Gasteiger charge is 2.20. The van der Waals surface area contributed by atoms with E-state index >= 15 is 0 Å². The average molecular weight is 206 g/mol. The molecule has 0 bridgehead atoms. The Balaban J connectivity index is 3.69. The van der Waals surface area contributed by atoms with Crippen molar-refractivity contribution >= 4 is 11.6 Å². The Labute approximate surface area is 77.4 Å². The lowest BCUT2D eigenvalue weighted by Gasteiger charge is -2.04. The second kappa shape index (κ2) is 3.27. The smallest absolute Gasteiger partial charge is 0.196 e. The Morgan fingerprint density at radius 1 is 1.15 bits per heavy atom. The zero-order chi connectivity index (χ0) is 10.2. The van der Waals surface area contributed by atoms with Gasteiger partial charge in [-0.3, -0.25) is 0 Å². The van der Waals surface area contributed by atoms with Crippen LogP contribution in [-0.2, 0) is 0 Å². The van der Waals surface area contributed by atoms with Crippen LogP contribution in [0.1, 0.15) is 11.1 Å². The maximum Gasteiger partial charge on any atom is 0.196 e. The van der Waals surface area contributed by atoms with Gasteiger partial charge in [0.25, 0.3) is 0 Å². The molecule has 5 heteroatoms. The Morgan fingerprint density at radius 2 is 1.69 bits per heavy atom. The second-order valence-corrected chi connectivity index (χ2v) is 2.75. The predicted octanol–water partition coefficient (Wildman–Crippen LogP) is 2.94. The molecule has 0 aromatic heterocycles. The molecule has 0 amide bonds. The van der Waals surface area contributed by atoms with Crippen LogP contribution in [0.15, 0.2) is 0 Å². The quantitative estimate of drug-likeness (QED) is 0.472. The van der Waals surface area contributed by atoms with Crippen LogP contribution in [-0.4, -0.2) is 0 Å². The standard InChI is InChI=1S/C8H3ClF3N/c1-3-4(2-13)5(9)7(11)8(12)6(3)10/h1H3. The van der Waals surface area contributed by atoms with Crippen LogP contribution in [0, 0.1) is 35.7 Å². The molecule has 0 atom stereocenters. The average Bonchev–Trinajstić information content (AvgIpc) is 2.13. The van der Waals surface area contributed by atoms with E-state index in [-0.39, 0.29) is 11.1 Å². The molecule has 0 fully saturated rings. The normalized spacial score (nSPS) is 9.85. The van der Waals surface area contributed by atoms with E-state index in [1.54, 1.807) is 0 Å². The summed E-state index contributed by atoms with van der Waals surface area (Å²) in [5, 5.41) is 7.77. The first-order chi connectivity index (χ1) is 6.00. The molecule has 0 unspecified atom stereocenters. The fraction of sp³-hybridized carbons (Fsp3) is 0.125. The predicted molar refractivity (Wildman–Crippen MR) is 40.8 cm³/mol. The van der Waals surface area contributed by atoms with Gasteiger partial charge in [-0.05, 0) is 6.92 Å². The van der Waals surface area contributed by atoms with Gasteiger partial charge in [-0.15, -0.1) is 0 Å². The van der Waals surface area contributed by atoms with Gasteiger partial charge in [0.15, 0.2) is 17.5 Å².